The molecular formula is C26H19ClF2N6O3. The number of nitrogens with zero attached hydrogens (tertiary/aromatic N) is 4. The third kappa shape index (κ3) is 4.22. The summed E-state index contributed by atoms with van der Waals surface area (Å²) in [4.78, 5) is 25.1. The summed E-state index contributed by atoms with van der Waals surface area (Å²) in [7, 11) is 2.56. The molecule has 2 N–H and O–H groups in total. The van der Waals surface area contributed by atoms with Gasteiger partial charge in [0.25, 0.3) is 0 Å². The molecule has 12 heteroatoms. The monoisotopic (exact) mass is 536 g/mol. The van der Waals surface area contributed by atoms with Crippen molar-refractivity contribution in [2.45, 2.75) is 0 Å². The molecule has 0 aliphatic heterocycles. The minimum absolute atomic E-state index is 0.152. The van der Waals surface area contributed by atoms with Crippen molar-refractivity contribution in [2.75, 3.05) is 24.9 Å². The van der Waals surface area contributed by atoms with Gasteiger partial charge in [-0.05, 0) is 24.3 Å². The molecule has 0 unspecified atom stereocenters. The lowest BCUT2D eigenvalue weighted by molar-refractivity contribution is -0.111. The number of amides is 1. The van der Waals surface area contributed by atoms with Crippen molar-refractivity contribution < 1.29 is 23.0 Å². The van der Waals surface area contributed by atoms with E-state index in [9.17, 15) is 4.79 Å². The molecule has 0 atom stereocenters. The van der Waals surface area contributed by atoms with E-state index >= 15 is 8.78 Å². The molecule has 0 saturated heterocycles. The highest BCUT2D eigenvalue weighted by molar-refractivity contribution is 6.34. The Morgan fingerprint density at radius 1 is 1.11 bits per heavy atom. The Morgan fingerprint density at radius 2 is 1.84 bits per heavy atom. The Labute approximate surface area is 219 Å². The van der Waals surface area contributed by atoms with Gasteiger partial charge in [-0.2, -0.15) is 4.98 Å². The molecule has 0 saturated carbocycles. The van der Waals surface area contributed by atoms with Gasteiger partial charge in [0.05, 0.1) is 36.2 Å². The van der Waals surface area contributed by atoms with E-state index in [0.29, 0.717) is 27.4 Å². The number of halogens is 3. The number of aromatic nitrogens is 4. The first-order valence-corrected chi connectivity index (χ1v) is 11.5. The van der Waals surface area contributed by atoms with Crippen LogP contribution in [-0.2, 0) is 4.79 Å². The van der Waals surface area contributed by atoms with E-state index in [-0.39, 0.29) is 34.2 Å². The molecule has 0 aliphatic carbocycles. The third-order valence-electron chi connectivity index (χ3n) is 5.74. The molecule has 5 aromatic rings. The SMILES string of the molecule is C=CC(=O)Nc1cccc(Cl)c1Nc1ncc2cc(-c3c(F)c(OC)cc(OC)c3F)c3nccn3c2n1. The number of benzene rings is 2. The first-order valence-electron chi connectivity index (χ1n) is 11.1. The van der Waals surface area contributed by atoms with Gasteiger partial charge in [-0.15, -0.1) is 0 Å². The fourth-order valence-electron chi connectivity index (χ4n) is 3.99. The minimum Gasteiger partial charge on any atom is -0.494 e. The second kappa shape index (κ2) is 9.94. The summed E-state index contributed by atoms with van der Waals surface area (Å²) in [6.07, 6.45) is 5.71. The largest absolute Gasteiger partial charge is 0.494 e. The first kappa shape index (κ1) is 24.9. The van der Waals surface area contributed by atoms with Crippen LogP contribution in [0.5, 0.6) is 11.5 Å². The average molecular weight is 537 g/mol. The van der Waals surface area contributed by atoms with Gasteiger partial charge >= 0.3 is 0 Å². The van der Waals surface area contributed by atoms with Crippen molar-refractivity contribution in [3.63, 3.8) is 0 Å². The van der Waals surface area contributed by atoms with Crippen LogP contribution >= 0.6 is 11.6 Å². The lowest BCUT2D eigenvalue weighted by Gasteiger charge is -2.15. The molecule has 3 heterocycles. The summed E-state index contributed by atoms with van der Waals surface area (Å²) in [5.41, 5.74) is 1.20. The predicted octanol–water partition coefficient (Wildman–Crippen LogP) is 5.76. The van der Waals surface area contributed by atoms with Gasteiger partial charge in [-0.3, -0.25) is 9.20 Å². The van der Waals surface area contributed by atoms with Gasteiger partial charge in [0.1, 0.15) is 5.65 Å². The summed E-state index contributed by atoms with van der Waals surface area (Å²) in [6.45, 7) is 3.45. The Kier molecular flexibility index (Phi) is 6.52. The van der Waals surface area contributed by atoms with Gasteiger partial charge in [-0.1, -0.05) is 24.2 Å². The molecule has 192 valence electrons. The van der Waals surface area contributed by atoms with Crippen LogP contribution in [0.3, 0.4) is 0 Å². The zero-order chi connectivity index (χ0) is 27.0. The van der Waals surface area contributed by atoms with E-state index in [2.05, 4.69) is 32.2 Å². The van der Waals surface area contributed by atoms with E-state index in [1.807, 2.05) is 0 Å². The summed E-state index contributed by atoms with van der Waals surface area (Å²) in [5.74, 6) is -2.43. The highest BCUT2D eigenvalue weighted by Crippen LogP contribution is 2.40. The van der Waals surface area contributed by atoms with Crippen molar-refractivity contribution in [1.29, 1.82) is 0 Å². The number of imidazole rings is 1. The van der Waals surface area contributed by atoms with Crippen LogP contribution in [0.4, 0.5) is 26.1 Å². The van der Waals surface area contributed by atoms with Gasteiger partial charge in [0.15, 0.2) is 28.8 Å². The van der Waals surface area contributed by atoms with E-state index in [1.165, 1.54) is 32.7 Å². The van der Waals surface area contributed by atoms with Crippen molar-refractivity contribution in [2.24, 2.45) is 0 Å². The van der Waals surface area contributed by atoms with E-state index in [1.54, 1.807) is 28.8 Å². The van der Waals surface area contributed by atoms with Crippen LogP contribution in [0, 0.1) is 11.6 Å². The van der Waals surface area contributed by atoms with Gasteiger partial charge < -0.3 is 20.1 Å². The molecule has 5 rings (SSSR count). The smallest absolute Gasteiger partial charge is 0.247 e. The van der Waals surface area contributed by atoms with Crippen molar-refractivity contribution >= 4 is 51.5 Å². The average Bonchev–Trinajstić information content (AvgIpc) is 3.41. The quantitative estimate of drug-likeness (QED) is 0.255. The van der Waals surface area contributed by atoms with Crippen molar-refractivity contribution in [1.82, 2.24) is 19.4 Å². The Morgan fingerprint density at radius 3 is 2.53 bits per heavy atom. The zero-order valence-electron chi connectivity index (χ0n) is 20.1. The highest BCUT2D eigenvalue weighted by atomic mass is 35.5. The molecule has 1 amide bonds. The third-order valence-corrected chi connectivity index (χ3v) is 6.06. The summed E-state index contributed by atoms with van der Waals surface area (Å²) in [6, 6.07) is 7.64. The van der Waals surface area contributed by atoms with Crippen molar-refractivity contribution in [3.05, 3.63) is 78.2 Å². The van der Waals surface area contributed by atoms with Gasteiger partial charge in [0, 0.05) is 35.6 Å². The number of hydrogen-bond donors (Lipinski definition) is 2. The maximum Gasteiger partial charge on any atom is 0.247 e. The second-order valence-corrected chi connectivity index (χ2v) is 8.32. The van der Waals surface area contributed by atoms with Crippen LogP contribution in [0.1, 0.15) is 0 Å². The second-order valence-electron chi connectivity index (χ2n) is 7.92. The van der Waals surface area contributed by atoms with E-state index in [4.69, 9.17) is 21.1 Å². The first-order chi connectivity index (χ1) is 18.4. The Balaban J connectivity index is 1.66. The lowest BCUT2D eigenvalue weighted by Crippen LogP contribution is -2.10. The molecule has 0 aliphatic rings. The lowest BCUT2D eigenvalue weighted by atomic mass is 10.0. The molecule has 9 nitrogen and oxygen atoms in total. The van der Waals surface area contributed by atoms with Crippen molar-refractivity contribution in [3.8, 4) is 22.6 Å². The Bertz CT molecular complexity index is 1710. The summed E-state index contributed by atoms with van der Waals surface area (Å²) >= 11 is 6.37. The molecule has 0 bridgehead atoms. The number of pyridine rings is 1. The van der Waals surface area contributed by atoms with Gasteiger partial charge in [0.2, 0.25) is 11.9 Å². The fourth-order valence-corrected chi connectivity index (χ4v) is 4.21. The number of ether oxygens (including phenoxy) is 2. The highest BCUT2D eigenvalue weighted by Gasteiger charge is 2.25. The number of anilines is 3. The number of rotatable bonds is 7. The standard InChI is InChI=1S/C26H19ClF2N6O3/c1-4-19(36)32-16-7-5-6-15(27)23(16)33-26-31-12-13-10-14(25-30-8-9-35(25)24(13)34-26)20-21(28)17(37-2)11-18(38-3)22(20)29/h4-12H,1H2,2-3H3,(H,32,36)(H,31,33,34). The zero-order valence-corrected chi connectivity index (χ0v) is 20.8. The van der Waals surface area contributed by atoms with Crippen LogP contribution in [0.15, 0.2) is 61.6 Å². The predicted molar refractivity (Wildman–Crippen MR) is 140 cm³/mol. The fraction of sp³-hybridized carbons (Fsp3) is 0.0769. The molecule has 0 spiro atoms. The number of para-hydroxylation sites is 1. The maximum atomic E-state index is 15.3. The number of hydrogen-bond acceptors (Lipinski definition) is 7. The maximum absolute atomic E-state index is 15.3. The molecule has 2 aromatic carbocycles. The summed E-state index contributed by atoms with van der Waals surface area (Å²) < 4.78 is 42.4. The van der Waals surface area contributed by atoms with Crippen LogP contribution < -0.4 is 20.1 Å². The molecule has 0 fully saturated rings. The van der Waals surface area contributed by atoms with Crippen LogP contribution in [0.25, 0.3) is 27.8 Å². The number of fused-ring (bicyclic) bond motifs is 3. The number of nitrogens with one attached hydrogen (secondary N) is 2. The van der Waals surface area contributed by atoms with Gasteiger partial charge in [-0.25, -0.2) is 18.7 Å². The van der Waals surface area contributed by atoms with Crippen LogP contribution in [0.2, 0.25) is 5.02 Å². The van der Waals surface area contributed by atoms with E-state index < -0.39 is 17.5 Å². The number of methoxy groups -OCH3 is 2. The van der Waals surface area contributed by atoms with Crippen LogP contribution in [-0.4, -0.2) is 39.5 Å². The molecular weight excluding hydrogens is 518 g/mol. The normalized spacial score (nSPS) is 11.0. The topological polar surface area (TPSA) is 103 Å². The summed E-state index contributed by atoms with van der Waals surface area (Å²) in [5, 5.41) is 6.48. The van der Waals surface area contributed by atoms with E-state index in [0.717, 1.165) is 12.1 Å². The molecule has 38 heavy (non-hydrogen) atoms. The Hall–Kier alpha value is -4.77. The number of carbonyl (C=O) groups is 1. The molecule has 3 aromatic heterocycles. The number of carbonyl (C=O) groups excluding carboxylic acids is 1. The minimum atomic E-state index is -0.901. The molecule has 0 radical (unpaired) electrons.